The lowest BCUT2D eigenvalue weighted by Gasteiger charge is -2.56. The van der Waals surface area contributed by atoms with E-state index >= 15 is 0 Å². The van der Waals surface area contributed by atoms with E-state index in [9.17, 15) is 4.79 Å². The summed E-state index contributed by atoms with van der Waals surface area (Å²) in [5.74, 6) is 2.56. The molecule has 0 spiro atoms. The third-order valence-corrected chi connectivity index (χ3v) is 5.95. The highest BCUT2D eigenvalue weighted by molar-refractivity contribution is 5.74. The standard InChI is InChI=1S/C17H26N4O/c1-11-3-15(21(2)20-11)10-18-16(22)19-17-7-12-4-13(8-17)6-14(5-12)9-17/h3,12-14H,4-10H2,1-2H3,(H2,18,19,22). The molecule has 1 aromatic rings. The lowest BCUT2D eigenvalue weighted by atomic mass is 9.53. The number of hydrogen-bond acceptors (Lipinski definition) is 2. The Balaban J connectivity index is 1.37. The monoisotopic (exact) mass is 302 g/mol. The van der Waals surface area contributed by atoms with Gasteiger partial charge in [-0.2, -0.15) is 5.10 Å². The zero-order valence-corrected chi connectivity index (χ0v) is 13.6. The average Bonchev–Trinajstić information content (AvgIpc) is 2.72. The van der Waals surface area contributed by atoms with Crippen LogP contribution < -0.4 is 10.6 Å². The predicted octanol–water partition coefficient (Wildman–Crippen LogP) is 2.50. The summed E-state index contributed by atoms with van der Waals surface area (Å²) in [5, 5.41) is 10.7. The van der Waals surface area contributed by atoms with Crippen LogP contribution in [0.1, 0.15) is 49.9 Å². The van der Waals surface area contributed by atoms with Gasteiger partial charge in [0.1, 0.15) is 0 Å². The summed E-state index contributed by atoms with van der Waals surface area (Å²) in [5.41, 5.74) is 2.11. The van der Waals surface area contributed by atoms with Crippen LogP contribution in [0, 0.1) is 24.7 Å². The maximum atomic E-state index is 12.4. The van der Waals surface area contributed by atoms with E-state index in [1.54, 1.807) is 0 Å². The number of hydrogen-bond donors (Lipinski definition) is 2. The first-order chi connectivity index (χ1) is 10.5. The Bertz CT molecular complexity index is 556. The molecule has 120 valence electrons. The fourth-order valence-corrected chi connectivity index (χ4v) is 5.55. The minimum absolute atomic E-state index is 0.0131. The molecule has 0 saturated heterocycles. The van der Waals surface area contributed by atoms with E-state index in [4.69, 9.17) is 0 Å². The van der Waals surface area contributed by atoms with E-state index < -0.39 is 0 Å². The van der Waals surface area contributed by atoms with Crippen molar-refractivity contribution in [1.82, 2.24) is 20.4 Å². The van der Waals surface area contributed by atoms with Gasteiger partial charge in [0.15, 0.2) is 0 Å². The summed E-state index contributed by atoms with van der Waals surface area (Å²) in [6.07, 6.45) is 7.77. The number of urea groups is 1. The molecule has 2 amide bonds. The van der Waals surface area contributed by atoms with Crippen LogP contribution in [0.25, 0.3) is 0 Å². The van der Waals surface area contributed by atoms with Crippen molar-refractivity contribution < 1.29 is 4.79 Å². The Kier molecular flexibility index (Phi) is 3.20. The molecule has 4 fully saturated rings. The summed E-state index contributed by atoms with van der Waals surface area (Å²) in [4.78, 5) is 12.4. The molecule has 2 N–H and O–H groups in total. The predicted molar refractivity (Wildman–Crippen MR) is 84.2 cm³/mol. The third-order valence-electron chi connectivity index (χ3n) is 5.95. The van der Waals surface area contributed by atoms with Crippen molar-refractivity contribution in [3.05, 3.63) is 17.5 Å². The molecule has 0 unspecified atom stereocenters. The summed E-state index contributed by atoms with van der Waals surface area (Å²) in [6.45, 7) is 2.51. The molecule has 5 nitrogen and oxygen atoms in total. The van der Waals surface area contributed by atoms with Crippen LogP contribution in [0.3, 0.4) is 0 Å². The maximum Gasteiger partial charge on any atom is 0.315 e. The lowest BCUT2D eigenvalue weighted by Crippen LogP contribution is -2.61. The second-order valence-corrected chi connectivity index (χ2v) is 7.91. The van der Waals surface area contributed by atoms with Crippen molar-refractivity contribution >= 4 is 6.03 Å². The van der Waals surface area contributed by atoms with Gasteiger partial charge in [-0.15, -0.1) is 0 Å². The van der Waals surface area contributed by atoms with E-state index in [0.29, 0.717) is 6.54 Å². The number of amides is 2. The van der Waals surface area contributed by atoms with E-state index in [0.717, 1.165) is 29.1 Å². The van der Waals surface area contributed by atoms with Gasteiger partial charge in [0.2, 0.25) is 0 Å². The van der Waals surface area contributed by atoms with Crippen molar-refractivity contribution in [2.45, 2.75) is 57.5 Å². The maximum absolute atomic E-state index is 12.4. The van der Waals surface area contributed by atoms with Crippen LogP contribution in [-0.2, 0) is 13.6 Å². The van der Waals surface area contributed by atoms with Crippen LogP contribution in [0.2, 0.25) is 0 Å². The highest BCUT2D eigenvalue weighted by Crippen LogP contribution is 2.55. The van der Waals surface area contributed by atoms with Gasteiger partial charge < -0.3 is 10.6 Å². The van der Waals surface area contributed by atoms with Gasteiger partial charge in [-0.3, -0.25) is 4.68 Å². The first-order valence-corrected chi connectivity index (χ1v) is 8.57. The highest BCUT2D eigenvalue weighted by atomic mass is 16.2. The fraction of sp³-hybridized carbons (Fsp3) is 0.765. The number of nitrogens with zero attached hydrogens (tertiary/aromatic N) is 2. The molecule has 4 aliphatic rings. The zero-order valence-electron chi connectivity index (χ0n) is 13.6. The number of rotatable bonds is 3. The Labute approximate surface area is 131 Å². The molecule has 0 aromatic carbocycles. The molecule has 4 bridgehead atoms. The Morgan fingerprint density at radius 3 is 2.36 bits per heavy atom. The van der Waals surface area contributed by atoms with Gasteiger partial charge in [-0.1, -0.05) is 0 Å². The summed E-state index contributed by atoms with van der Waals surface area (Å²) < 4.78 is 1.83. The van der Waals surface area contributed by atoms with E-state index in [1.807, 2.05) is 24.7 Å². The van der Waals surface area contributed by atoms with Crippen molar-refractivity contribution in [2.75, 3.05) is 0 Å². The van der Waals surface area contributed by atoms with Gasteiger partial charge in [-0.05, 0) is 69.3 Å². The molecule has 5 heteroatoms. The van der Waals surface area contributed by atoms with Crippen molar-refractivity contribution in [1.29, 1.82) is 0 Å². The minimum atomic E-state index is -0.0131. The summed E-state index contributed by atoms with van der Waals surface area (Å²) >= 11 is 0. The lowest BCUT2D eigenvalue weighted by molar-refractivity contribution is -0.0135. The van der Waals surface area contributed by atoms with Crippen LogP contribution in [0.5, 0.6) is 0 Å². The molecule has 22 heavy (non-hydrogen) atoms. The van der Waals surface area contributed by atoms with Gasteiger partial charge in [0, 0.05) is 12.6 Å². The van der Waals surface area contributed by atoms with E-state index in [-0.39, 0.29) is 11.6 Å². The molecular formula is C17H26N4O. The Hall–Kier alpha value is -1.52. The smallest absolute Gasteiger partial charge is 0.315 e. The molecule has 4 aliphatic carbocycles. The summed E-state index contributed by atoms with van der Waals surface area (Å²) in [6, 6.07) is 2.01. The molecule has 0 radical (unpaired) electrons. The topological polar surface area (TPSA) is 59.0 Å². The van der Waals surface area contributed by atoms with Crippen LogP contribution in [0.4, 0.5) is 4.79 Å². The average molecular weight is 302 g/mol. The molecule has 1 heterocycles. The first-order valence-electron chi connectivity index (χ1n) is 8.57. The number of nitrogens with one attached hydrogen (secondary N) is 2. The van der Waals surface area contributed by atoms with Crippen LogP contribution >= 0.6 is 0 Å². The SMILES string of the molecule is Cc1cc(CNC(=O)NC23CC4CC(CC(C4)C2)C3)n(C)n1. The first kappa shape index (κ1) is 14.1. The highest BCUT2D eigenvalue weighted by Gasteiger charge is 2.51. The molecule has 0 aliphatic heterocycles. The van der Waals surface area contributed by atoms with Gasteiger partial charge >= 0.3 is 6.03 Å². The van der Waals surface area contributed by atoms with E-state index in [1.165, 1.54) is 38.5 Å². The zero-order chi connectivity index (χ0) is 15.3. The van der Waals surface area contributed by atoms with E-state index in [2.05, 4.69) is 15.7 Å². The number of aromatic nitrogens is 2. The Morgan fingerprint density at radius 2 is 1.86 bits per heavy atom. The third kappa shape index (κ3) is 2.50. The van der Waals surface area contributed by atoms with Crippen LogP contribution in [-0.4, -0.2) is 21.4 Å². The Morgan fingerprint density at radius 1 is 1.27 bits per heavy atom. The molecule has 4 saturated carbocycles. The normalized spacial score (nSPS) is 35.6. The van der Waals surface area contributed by atoms with Crippen molar-refractivity contribution in [3.8, 4) is 0 Å². The second-order valence-electron chi connectivity index (χ2n) is 7.91. The van der Waals surface area contributed by atoms with Gasteiger partial charge in [-0.25, -0.2) is 4.79 Å². The fourth-order valence-electron chi connectivity index (χ4n) is 5.55. The number of carbonyl (C=O) groups excluding carboxylic acids is 1. The molecular weight excluding hydrogens is 276 g/mol. The number of aryl methyl sites for hydroxylation is 2. The van der Waals surface area contributed by atoms with Crippen molar-refractivity contribution in [2.24, 2.45) is 24.8 Å². The largest absolute Gasteiger partial charge is 0.333 e. The number of carbonyl (C=O) groups is 1. The van der Waals surface area contributed by atoms with Gasteiger partial charge in [0.25, 0.3) is 0 Å². The minimum Gasteiger partial charge on any atom is -0.333 e. The summed E-state index contributed by atoms with van der Waals surface area (Å²) in [7, 11) is 1.92. The van der Waals surface area contributed by atoms with Crippen LogP contribution in [0.15, 0.2) is 6.07 Å². The second kappa shape index (κ2) is 5.00. The molecule has 1 aromatic heterocycles. The van der Waals surface area contributed by atoms with Crippen molar-refractivity contribution in [3.63, 3.8) is 0 Å². The molecule has 5 rings (SSSR count). The molecule has 0 atom stereocenters. The quantitative estimate of drug-likeness (QED) is 0.901. The van der Waals surface area contributed by atoms with Gasteiger partial charge in [0.05, 0.1) is 17.9 Å².